The van der Waals surface area contributed by atoms with Gasteiger partial charge >= 0.3 is 12.0 Å². The Morgan fingerprint density at radius 3 is 2.58 bits per heavy atom. The maximum atomic E-state index is 12.0. The number of urea groups is 1. The Kier molecular flexibility index (Phi) is 6.13. The van der Waals surface area contributed by atoms with Gasteiger partial charge in [-0.1, -0.05) is 11.3 Å². The number of aromatic nitrogens is 4. The van der Waals surface area contributed by atoms with Gasteiger partial charge in [-0.05, 0) is 6.92 Å². The van der Waals surface area contributed by atoms with Crippen molar-refractivity contribution in [3.63, 3.8) is 0 Å². The van der Waals surface area contributed by atoms with Crippen LogP contribution >= 0.6 is 11.3 Å². The van der Waals surface area contributed by atoms with E-state index in [0.29, 0.717) is 5.01 Å². The number of hydrogen-bond donors (Lipinski definition) is 5. The minimum Gasteiger partial charge on any atom is -0.480 e. The zero-order valence-electron chi connectivity index (χ0n) is 13.3. The molecule has 13 nitrogen and oxygen atoms in total. The van der Waals surface area contributed by atoms with Gasteiger partial charge in [-0.3, -0.25) is 4.79 Å². The van der Waals surface area contributed by atoms with E-state index in [1.807, 2.05) is 0 Å². The van der Waals surface area contributed by atoms with Crippen molar-refractivity contribution in [1.29, 1.82) is 0 Å². The standard InChI is InChI=1S/C12H15N7O6S/c1-4(20)7(11(22)23)16-12(24)15-5(2-6(13)21)8-17-18-9(25-8)10-19-14-3-26-10/h3-5,7,20H,2H2,1H3,(H2,13,21)(H,22,23)(H2,15,16,24)/t4?,5-,7?/m0/s1. The third-order valence-electron chi connectivity index (χ3n) is 3.03. The molecule has 2 unspecified atom stereocenters. The molecule has 0 aliphatic rings. The quantitative estimate of drug-likeness (QED) is 0.360. The molecule has 0 spiro atoms. The van der Waals surface area contributed by atoms with Crippen molar-refractivity contribution < 1.29 is 29.0 Å². The molecular formula is C12H15N7O6S. The molecule has 14 heteroatoms. The number of nitrogens with one attached hydrogen (secondary N) is 2. The molecule has 0 saturated carbocycles. The Morgan fingerprint density at radius 1 is 1.31 bits per heavy atom. The number of nitrogens with two attached hydrogens (primary N) is 1. The summed E-state index contributed by atoms with van der Waals surface area (Å²) in [7, 11) is 0. The smallest absolute Gasteiger partial charge is 0.328 e. The maximum Gasteiger partial charge on any atom is 0.328 e. The van der Waals surface area contributed by atoms with Crippen LogP contribution in [0.1, 0.15) is 25.3 Å². The first-order chi connectivity index (χ1) is 12.3. The predicted octanol–water partition coefficient (Wildman–Crippen LogP) is -1.36. The van der Waals surface area contributed by atoms with Crippen molar-refractivity contribution in [3.8, 4) is 10.9 Å². The van der Waals surface area contributed by atoms with E-state index in [2.05, 4.69) is 31.0 Å². The number of carbonyl (C=O) groups is 3. The summed E-state index contributed by atoms with van der Waals surface area (Å²) in [4.78, 5) is 34.3. The van der Waals surface area contributed by atoms with Gasteiger partial charge in [0.1, 0.15) is 11.6 Å². The van der Waals surface area contributed by atoms with Crippen molar-refractivity contribution in [2.45, 2.75) is 31.5 Å². The third-order valence-corrected chi connectivity index (χ3v) is 3.71. The molecule has 2 aromatic heterocycles. The Balaban J connectivity index is 2.13. The number of aliphatic carboxylic acids is 1. The molecule has 3 amide bonds. The van der Waals surface area contributed by atoms with E-state index in [1.54, 1.807) is 0 Å². The van der Waals surface area contributed by atoms with E-state index < -0.39 is 36.1 Å². The molecule has 2 aromatic rings. The topological polar surface area (TPSA) is 206 Å². The highest BCUT2D eigenvalue weighted by Crippen LogP contribution is 2.22. The van der Waals surface area contributed by atoms with E-state index in [9.17, 15) is 19.5 Å². The number of amides is 3. The number of aliphatic hydroxyl groups is 1. The van der Waals surface area contributed by atoms with Crippen molar-refractivity contribution >= 4 is 29.2 Å². The van der Waals surface area contributed by atoms with E-state index in [4.69, 9.17) is 15.3 Å². The summed E-state index contributed by atoms with van der Waals surface area (Å²) >= 11 is 1.14. The lowest BCUT2D eigenvalue weighted by Gasteiger charge is -2.19. The normalized spacial score (nSPS) is 14.2. The van der Waals surface area contributed by atoms with E-state index in [0.717, 1.165) is 11.3 Å². The fraction of sp³-hybridized carbons (Fsp3) is 0.417. The summed E-state index contributed by atoms with van der Waals surface area (Å²) in [5.74, 6) is -2.30. The SMILES string of the molecule is CC(O)C(NC(=O)N[C@@H](CC(N)=O)c1nnc(-c2nncs2)o1)C(=O)O. The molecule has 0 fully saturated rings. The fourth-order valence-corrected chi connectivity index (χ4v) is 2.33. The number of hydrogen-bond acceptors (Lipinski definition) is 10. The summed E-state index contributed by atoms with van der Waals surface area (Å²) in [5, 5.41) is 37.9. The van der Waals surface area contributed by atoms with E-state index >= 15 is 0 Å². The summed E-state index contributed by atoms with van der Waals surface area (Å²) in [6, 6.07) is -3.63. The molecule has 0 bridgehead atoms. The lowest BCUT2D eigenvalue weighted by molar-refractivity contribution is -0.141. The van der Waals surface area contributed by atoms with E-state index in [1.165, 1.54) is 12.4 Å². The lowest BCUT2D eigenvalue weighted by atomic mass is 10.2. The number of carboxylic acid groups (broad SMARTS) is 1. The summed E-state index contributed by atoms with van der Waals surface area (Å²) in [6.45, 7) is 1.20. The molecular weight excluding hydrogens is 370 g/mol. The predicted molar refractivity (Wildman–Crippen MR) is 84.5 cm³/mol. The molecule has 2 rings (SSSR count). The summed E-state index contributed by atoms with van der Waals surface area (Å²) in [6.07, 6.45) is -1.72. The zero-order chi connectivity index (χ0) is 19.3. The largest absolute Gasteiger partial charge is 0.480 e. The van der Waals surface area contributed by atoms with Crippen LogP contribution in [0.15, 0.2) is 9.93 Å². The van der Waals surface area contributed by atoms with Crippen LogP contribution in [0.2, 0.25) is 0 Å². The second-order valence-electron chi connectivity index (χ2n) is 5.09. The molecule has 2 heterocycles. The number of primary amides is 1. The van der Waals surface area contributed by atoms with Crippen LogP contribution in [0, 0.1) is 0 Å². The number of rotatable bonds is 8. The number of carbonyl (C=O) groups excluding carboxylic acids is 2. The molecule has 3 atom stereocenters. The molecule has 0 radical (unpaired) electrons. The van der Waals surface area contributed by atoms with Gasteiger partial charge < -0.3 is 31.0 Å². The van der Waals surface area contributed by atoms with Gasteiger partial charge in [-0.15, -0.1) is 20.4 Å². The monoisotopic (exact) mass is 385 g/mol. The Bertz CT molecular complexity index is 777. The highest BCUT2D eigenvalue weighted by molar-refractivity contribution is 7.12. The molecule has 6 N–H and O–H groups in total. The first kappa shape index (κ1) is 19.2. The van der Waals surface area contributed by atoms with Gasteiger partial charge in [0.15, 0.2) is 6.04 Å². The second-order valence-corrected chi connectivity index (χ2v) is 5.92. The van der Waals surface area contributed by atoms with Gasteiger partial charge in [0.25, 0.3) is 5.89 Å². The molecule has 0 aromatic carbocycles. The molecule has 26 heavy (non-hydrogen) atoms. The first-order valence-corrected chi connectivity index (χ1v) is 8.02. The van der Waals surface area contributed by atoms with Crippen LogP contribution < -0.4 is 16.4 Å². The van der Waals surface area contributed by atoms with Crippen molar-refractivity contribution in [2.24, 2.45) is 5.73 Å². The number of aliphatic hydroxyl groups excluding tert-OH is 1. The van der Waals surface area contributed by atoms with Gasteiger partial charge in [0, 0.05) is 0 Å². The van der Waals surface area contributed by atoms with Crippen LogP contribution in [-0.2, 0) is 9.59 Å². The van der Waals surface area contributed by atoms with Crippen molar-refractivity contribution in [2.75, 3.05) is 0 Å². The molecule has 0 saturated heterocycles. The van der Waals surface area contributed by atoms with Crippen LogP contribution in [-0.4, -0.2) is 60.7 Å². The van der Waals surface area contributed by atoms with Crippen molar-refractivity contribution in [3.05, 3.63) is 11.4 Å². The third kappa shape index (κ3) is 4.93. The molecule has 140 valence electrons. The Hall–Kier alpha value is -3.13. The fourth-order valence-electron chi connectivity index (χ4n) is 1.86. The minimum absolute atomic E-state index is 0.0339. The zero-order valence-corrected chi connectivity index (χ0v) is 14.1. The Labute approximate surface area is 149 Å². The average Bonchev–Trinajstić information content (AvgIpc) is 3.21. The minimum atomic E-state index is -1.55. The van der Waals surface area contributed by atoms with Crippen LogP contribution in [0.25, 0.3) is 10.9 Å². The van der Waals surface area contributed by atoms with Gasteiger partial charge in [-0.2, -0.15) is 0 Å². The van der Waals surface area contributed by atoms with Crippen LogP contribution in [0.4, 0.5) is 4.79 Å². The van der Waals surface area contributed by atoms with Crippen molar-refractivity contribution in [1.82, 2.24) is 31.0 Å². The van der Waals surface area contributed by atoms with Crippen LogP contribution in [0.3, 0.4) is 0 Å². The molecule has 0 aliphatic heterocycles. The average molecular weight is 385 g/mol. The Morgan fingerprint density at radius 2 is 2.04 bits per heavy atom. The van der Waals surface area contributed by atoms with Gasteiger partial charge in [0.05, 0.1) is 12.5 Å². The molecule has 0 aliphatic carbocycles. The number of nitrogens with zero attached hydrogens (tertiary/aromatic N) is 4. The second kappa shape index (κ2) is 8.30. The maximum absolute atomic E-state index is 12.0. The lowest BCUT2D eigenvalue weighted by Crippen LogP contribution is -2.52. The van der Waals surface area contributed by atoms with Gasteiger partial charge in [-0.25, -0.2) is 9.59 Å². The highest BCUT2D eigenvalue weighted by atomic mass is 32.1. The summed E-state index contributed by atoms with van der Waals surface area (Å²) in [5.41, 5.74) is 6.60. The van der Waals surface area contributed by atoms with Gasteiger partial charge in [0.2, 0.25) is 16.8 Å². The first-order valence-electron chi connectivity index (χ1n) is 7.14. The van der Waals surface area contributed by atoms with E-state index in [-0.39, 0.29) is 18.2 Å². The summed E-state index contributed by atoms with van der Waals surface area (Å²) < 4.78 is 5.36. The number of carboxylic acids is 1. The van der Waals surface area contributed by atoms with Crippen LogP contribution in [0.5, 0.6) is 0 Å². The highest BCUT2D eigenvalue weighted by Gasteiger charge is 2.28.